The third-order valence-electron chi connectivity index (χ3n) is 5.74. The molecule has 0 spiro atoms. The molecule has 1 aromatic carbocycles. The number of aliphatic hydroxyl groups excluding tert-OH is 1. The summed E-state index contributed by atoms with van der Waals surface area (Å²) in [5.74, 6) is -0.339. The molecule has 1 aliphatic rings. The Labute approximate surface area is 219 Å². The third-order valence-corrected chi connectivity index (χ3v) is 9.38. The minimum absolute atomic E-state index is 0.0387. The van der Waals surface area contributed by atoms with E-state index in [9.17, 15) is 14.7 Å². The molecule has 3 rings (SSSR count). The number of carbonyl (C=O) groups is 2. The van der Waals surface area contributed by atoms with Crippen LogP contribution in [0.5, 0.6) is 0 Å². The predicted molar refractivity (Wildman–Crippen MR) is 136 cm³/mol. The summed E-state index contributed by atoms with van der Waals surface area (Å²) >= 11 is 3.95. The average molecular weight is 697 g/mol. The number of carbonyl (C=O) groups excluding carboxylic acids is 2. The number of aliphatic hydroxyl groups is 1. The summed E-state index contributed by atoms with van der Waals surface area (Å²) in [7, 11) is 0. The maximum absolute atomic E-state index is 13.4. The number of aromatic nitrogens is 1. The molecule has 10 heteroatoms. The van der Waals surface area contributed by atoms with Crippen LogP contribution in [0.4, 0.5) is 0 Å². The number of amides is 2. The van der Waals surface area contributed by atoms with Crippen LogP contribution in [0.1, 0.15) is 38.4 Å². The number of β-amino-alcohol motifs (C(OH)–C–C–N with tert-alkyl or cyclic N) is 1. The van der Waals surface area contributed by atoms with Gasteiger partial charge in [-0.1, -0.05) is 0 Å². The molecule has 7 nitrogen and oxygen atoms in total. The number of hydrogen-bond acceptors (Lipinski definition) is 6. The van der Waals surface area contributed by atoms with Crippen molar-refractivity contribution in [1.29, 1.82) is 0 Å². The van der Waals surface area contributed by atoms with Crippen molar-refractivity contribution in [3.05, 3.63) is 41.0 Å². The van der Waals surface area contributed by atoms with Gasteiger partial charge >= 0.3 is 176 Å². The van der Waals surface area contributed by atoms with Crippen molar-refractivity contribution in [3.63, 3.8) is 0 Å². The number of halogens is 2. The molecule has 3 unspecified atom stereocenters. The molecule has 0 bridgehead atoms. The Bertz CT molecular complexity index is 961. The second-order valence-corrected chi connectivity index (χ2v) is 15.4. The molecular formula is C23H31I2N4O3S-. The van der Waals surface area contributed by atoms with E-state index in [0.717, 1.165) is 26.2 Å². The van der Waals surface area contributed by atoms with E-state index >= 15 is 0 Å². The van der Waals surface area contributed by atoms with E-state index in [1.807, 2.05) is 57.5 Å². The van der Waals surface area contributed by atoms with Crippen LogP contribution in [0.3, 0.4) is 0 Å². The van der Waals surface area contributed by atoms with Crippen LogP contribution in [0.15, 0.2) is 29.8 Å². The fraction of sp³-hybridized carbons (Fsp3) is 0.522. The van der Waals surface area contributed by atoms with Crippen LogP contribution >= 0.6 is 30.0 Å². The number of aryl methyl sites for hydroxylation is 1. The molecule has 0 saturated carbocycles. The van der Waals surface area contributed by atoms with Gasteiger partial charge in [-0.2, -0.15) is 0 Å². The van der Waals surface area contributed by atoms with E-state index in [2.05, 4.69) is 34.2 Å². The van der Waals surface area contributed by atoms with Crippen LogP contribution in [0, 0.1) is 12.3 Å². The first-order valence-electron chi connectivity index (χ1n) is 10.8. The number of rotatable bonds is 8. The van der Waals surface area contributed by atoms with Crippen molar-refractivity contribution in [2.45, 2.75) is 58.8 Å². The van der Waals surface area contributed by atoms with E-state index in [4.69, 9.17) is 0 Å². The number of likely N-dealkylation sites (tertiary alicyclic amines) is 1. The second kappa shape index (κ2) is 11.7. The van der Waals surface area contributed by atoms with Crippen LogP contribution in [-0.2, 0) is 16.1 Å². The van der Waals surface area contributed by atoms with Crippen LogP contribution < -0.4 is 27.9 Å². The van der Waals surface area contributed by atoms with Gasteiger partial charge in [-0.25, -0.2) is 4.98 Å². The summed E-state index contributed by atoms with van der Waals surface area (Å²) in [6, 6.07) is 7.00. The van der Waals surface area contributed by atoms with Crippen molar-refractivity contribution < 1.29 is 31.9 Å². The molecule has 182 valence electrons. The summed E-state index contributed by atoms with van der Waals surface area (Å²) in [5.41, 5.74) is 4.64. The van der Waals surface area contributed by atoms with E-state index in [1.165, 1.54) is 0 Å². The Morgan fingerprint density at radius 2 is 2.03 bits per heavy atom. The zero-order chi connectivity index (χ0) is 24.2. The molecule has 33 heavy (non-hydrogen) atoms. The number of alkyl halides is 1. The van der Waals surface area contributed by atoms with Gasteiger partial charge in [0.15, 0.2) is 0 Å². The van der Waals surface area contributed by atoms with E-state index in [0.29, 0.717) is 6.54 Å². The zero-order valence-electron chi connectivity index (χ0n) is 19.3. The Morgan fingerprint density at radius 3 is 2.61 bits per heavy atom. The van der Waals surface area contributed by atoms with E-state index in [1.54, 1.807) is 16.2 Å². The van der Waals surface area contributed by atoms with Crippen molar-refractivity contribution in [1.82, 2.24) is 20.5 Å². The maximum atomic E-state index is 13.4. The standard InChI is InChI=1S/C23H31I2N4O3S/c1-14-19(33-13-28-14)16-7-5-15(6-8-16)10-26-21(31)18-9-17(30)11-29(18)22(32)20(23(2,3)4)27-12-25-24/h5-8,13,17-18,20,27,30H,9-12H2,1-4H3,(H,26,31)/q-1. The van der Waals surface area contributed by atoms with Gasteiger partial charge in [0.05, 0.1) is 16.1 Å². The van der Waals surface area contributed by atoms with Crippen molar-refractivity contribution in [2.24, 2.45) is 5.41 Å². The van der Waals surface area contributed by atoms with Crippen LogP contribution in [0.25, 0.3) is 10.4 Å². The van der Waals surface area contributed by atoms with Gasteiger partial charge in [0, 0.05) is 0 Å². The number of thiazole rings is 1. The first-order valence-corrected chi connectivity index (χ1v) is 19.5. The Kier molecular flexibility index (Phi) is 9.52. The second-order valence-electron chi connectivity index (χ2n) is 9.32. The fourth-order valence-electron chi connectivity index (χ4n) is 4.00. The van der Waals surface area contributed by atoms with Gasteiger partial charge in [-0.05, 0) is 12.5 Å². The molecular weight excluding hydrogens is 666 g/mol. The number of nitrogens with zero attached hydrogens (tertiary/aromatic N) is 2. The molecule has 0 radical (unpaired) electrons. The molecule has 2 aromatic rings. The molecule has 3 N–H and O–H groups in total. The van der Waals surface area contributed by atoms with Gasteiger partial charge in [0.1, 0.15) is 0 Å². The number of benzene rings is 1. The van der Waals surface area contributed by atoms with Crippen LogP contribution in [-0.4, -0.2) is 56.1 Å². The molecule has 1 aliphatic heterocycles. The minimum atomic E-state index is -0.691. The first-order chi connectivity index (χ1) is 15.6. The van der Waals surface area contributed by atoms with Gasteiger partial charge in [-0.3, -0.25) is 0 Å². The summed E-state index contributed by atoms with van der Waals surface area (Å²) in [6.07, 6.45) is -0.429. The molecule has 0 aliphatic carbocycles. The summed E-state index contributed by atoms with van der Waals surface area (Å²) < 4.78 is 0.817. The molecule has 3 atom stereocenters. The van der Waals surface area contributed by atoms with Crippen molar-refractivity contribution >= 4 is 41.8 Å². The molecule has 2 amide bonds. The Hall–Kier alpha value is -0.830. The predicted octanol–water partition coefficient (Wildman–Crippen LogP) is 0.0973. The van der Waals surface area contributed by atoms with Gasteiger partial charge in [0.25, 0.3) is 0 Å². The van der Waals surface area contributed by atoms with E-state index in [-0.39, 0.29) is 47.4 Å². The first kappa shape index (κ1) is 26.8. The normalized spacial score (nSPS) is 19.6. The summed E-state index contributed by atoms with van der Waals surface area (Å²) in [5, 5.41) is 16.6. The summed E-state index contributed by atoms with van der Waals surface area (Å²) in [4.78, 5) is 33.4. The van der Waals surface area contributed by atoms with Crippen molar-refractivity contribution in [3.8, 4) is 10.4 Å². The molecule has 1 saturated heterocycles. The van der Waals surface area contributed by atoms with Crippen molar-refractivity contribution in [2.75, 3.05) is 11.1 Å². The monoisotopic (exact) mass is 697 g/mol. The molecule has 2 heterocycles. The topological polar surface area (TPSA) is 94.6 Å². The Balaban J connectivity index is 1.65. The quantitative estimate of drug-likeness (QED) is 0.207. The van der Waals surface area contributed by atoms with Gasteiger partial charge < -0.3 is 0 Å². The zero-order valence-corrected chi connectivity index (χ0v) is 24.4. The third kappa shape index (κ3) is 6.86. The number of nitrogens with one attached hydrogen (secondary N) is 2. The van der Waals surface area contributed by atoms with E-state index < -0.39 is 18.2 Å². The average Bonchev–Trinajstić information content (AvgIpc) is 3.37. The number of hydrogen-bond donors (Lipinski definition) is 3. The fourth-order valence-corrected chi connectivity index (χ4v) is 6.54. The van der Waals surface area contributed by atoms with Gasteiger partial charge in [-0.15, -0.1) is 11.3 Å². The van der Waals surface area contributed by atoms with Gasteiger partial charge in [0.2, 0.25) is 0 Å². The molecule has 1 fully saturated rings. The Morgan fingerprint density at radius 1 is 1.33 bits per heavy atom. The van der Waals surface area contributed by atoms with Crippen LogP contribution in [0.2, 0.25) is 0 Å². The molecule has 1 aromatic heterocycles. The summed E-state index contributed by atoms with van der Waals surface area (Å²) in [6.45, 7) is 8.61. The SMILES string of the molecule is Cc1ncsc1-c1ccc(CNC(=O)C2CC(O)CN2C(=O)C(NC[I-]I)C(C)(C)C)cc1.